The summed E-state index contributed by atoms with van der Waals surface area (Å²) in [7, 11) is 0.350. The Bertz CT molecular complexity index is 229. The van der Waals surface area contributed by atoms with Gasteiger partial charge in [0.05, 0.1) is 11.9 Å². The van der Waals surface area contributed by atoms with Crippen molar-refractivity contribution >= 4 is 16.9 Å². The van der Waals surface area contributed by atoms with Gasteiger partial charge < -0.3 is 4.74 Å². The van der Waals surface area contributed by atoms with Gasteiger partial charge in [-0.15, -0.1) is 0 Å². The van der Waals surface area contributed by atoms with E-state index < -0.39 is 11.0 Å². The average molecular weight is 219 g/mol. The predicted molar refractivity (Wildman–Crippen MR) is 61.8 cm³/mol. The molecule has 3 nitrogen and oxygen atoms in total. The van der Waals surface area contributed by atoms with Crippen molar-refractivity contribution in [2.75, 3.05) is 7.11 Å². The summed E-state index contributed by atoms with van der Waals surface area (Å²) in [5.41, 5.74) is 0. The van der Waals surface area contributed by atoms with Gasteiger partial charge in [0.1, 0.15) is 11.0 Å². The second-order valence-electron chi connectivity index (χ2n) is 4.65. The highest BCUT2D eigenvalue weighted by Gasteiger charge is 2.20. The van der Waals surface area contributed by atoms with Crippen LogP contribution in [-0.4, -0.2) is 22.0 Å². The molecule has 0 N–H and O–H groups in total. The maximum absolute atomic E-state index is 11.7. The van der Waals surface area contributed by atoms with E-state index in [1.165, 1.54) is 0 Å². The van der Waals surface area contributed by atoms with E-state index in [2.05, 4.69) is 18.2 Å². The van der Waals surface area contributed by atoms with Gasteiger partial charge in [-0.2, -0.15) is 4.40 Å². The number of methoxy groups -OCH3 is 1. The Hall–Kier alpha value is -0.380. The van der Waals surface area contributed by atoms with E-state index in [1.54, 1.807) is 7.11 Å². The Morgan fingerprint density at radius 1 is 1.43 bits per heavy atom. The standard InChI is InChI=1S/C10H21NO2S/c1-8(2)7-9(13-6)11-14(12)10(3,4)5/h8H,7H2,1-6H3/b11-9+/t14-/m1/s1. The minimum absolute atomic E-state index is 0.319. The van der Waals surface area contributed by atoms with E-state index in [4.69, 9.17) is 4.74 Å². The molecule has 0 rings (SSSR count). The summed E-state index contributed by atoms with van der Waals surface area (Å²) in [5, 5.41) is 0. The van der Waals surface area contributed by atoms with Crippen molar-refractivity contribution in [2.24, 2.45) is 10.3 Å². The lowest BCUT2D eigenvalue weighted by atomic mass is 10.1. The molecule has 0 aromatic carbocycles. The van der Waals surface area contributed by atoms with Crippen molar-refractivity contribution in [1.82, 2.24) is 0 Å². The van der Waals surface area contributed by atoms with Crippen molar-refractivity contribution < 1.29 is 8.95 Å². The molecule has 1 atom stereocenters. The smallest absolute Gasteiger partial charge is 0.197 e. The number of ether oxygens (including phenoxy) is 1. The predicted octanol–water partition coefficient (Wildman–Crippen LogP) is 2.54. The molecule has 0 aromatic heterocycles. The van der Waals surface area contributed by atoms with Gasteiger partial charge in [-0.1, -0.05) is 13.8 Å². The Morgan fingerprint density at radius 3 is 2.21 bits per heavy atom. The quantitative estimate of drug-likeness (QED) is 0.540. The van der Waals surface area contributed by atoms with Crippen LogP contribution < -0.4 is 0 Å². The summed E-state index contributed by atoms with van der Waals surface area (Å²) in [6.45, 7) is 9.85. The third-order valence-electron chi connectivity index (χ3n) is 1.53. The average Bonchev–Trinajstić information content (AvgIpc) is 2.00. The Labute approximate surface area is 89.5 Å². The molecule has 0 fully saturated rings. The third kappa shape index (κ3) is 5.37. The zero-order chi connectivity index (χ0) is 11.4. The van der Waals surface area contributed by atoms with Gasteiger partial charge in [0.25, 0.3) is 0 Å². The van der Waals surface area contributed by atoms with Gasteiger partial charge in [-0.25, -0.2) is 4.21 Å². The van der Waals surface area contributed by atoms with Crippen LogP contribution in [0.5, 0.6) is 0 Å². The molecule has 14 heavy (non-hydrogen) atoms. The monoisotopic (exact) mass is 219 g/mol. The fourth-order valence-electron chi connectivity index (χ4n) is 0.737. The summed E-state index contributed by atoms with van der Waals surface area (Å²) in [5.74, 6) is 1.04. The van der Waals surface area contributed by atoms with Gasteiger partial charge in [-0.05, 0) is 26.7 Å². The van der Waals surface area contributed by atoms with Crippen LogP contribution >= 0.6 is 0 Å². The zero-order valence-electron chi connectivity index (χ0n) is 9.96. The molecule has 0 unspecified atom stereocenters. The summed E-state index contributed by atoms with van der Waals surface area (Å²) >= 11 is 0. The molecule has 4 heteroatoms. The molecular formula is C10H21NO2S. The maximum atomic E-state index is 11.7. The van der Waals surface area contributed by atoms with E-state index in [1.807, 2.05) is 20.8 Å². The molecule has 0 saturated heterocycles. The molecule has 0 amide bonds. The molecule has 0 heterocycles. The minimum atomic E-state index is -1.22. The van der Waals surface area contributed by atoms with E-state index in [0.29, 0.717) is 11.8 Å². The number of hydrogen-bond donors (Lipinski definition) is 0. The highest BCUT2D eigenvalue weighted by Crippen LogP contribution is 2.14. The van der Waals surface area contributed by atoms with Crippen molar-refractivity contribution in [2.45, 2.75) is 45.8 Å². The van der Waals surface area contributed by atoms with Crippen LogP contribution in [0, 0.1) is 5.92 Å². The van der Waals surface area contributed by atoms with Gasteiger partial charge in [0.15, 0.2) is 5.90 Å². The first kappa shape index (κ1) is 13.6. The topological polar surface area (TPSA) is 38.7 Å². The fourth-order valence-corrected chi connectivity index (χ4v) is 1.34. The van der Waals surface area contributed by atoms with Gasteiger partial charge in [-0.3, -0.25) is 0 Å². The molecule has 0 saturated carbocycles. The lowest BCUT2D eigenvalue weighted by molar-refractivity contribution is 0.381. The summed E-state index contributed by atoms with van der Waals surface area (Å²) in [4.78, 5) is 0. The van der Waals surface area contributed by atoms with Crippen LogP contribution in [0.1, 0.15) is 41.0 Å². The Balaban J connectivity index is 4.52. The van der Waals surface area contributed by atoms with Crippen LogP contribution in [0.4, 0.5) is 0 Å². The van der Waals surface area contributed by atoms with E-state index >= 15 is 0 Å². The zero-order valence-corrected chi connectivity index (χ0v) is 10.8. The van der Waals surface area contributed by atoms with Gasteiger partial charge >= 0.3 is 0 Å². The third-order valence-corrected chi connectivity index (χ3v) is 2.94. The van der Waals surface area contributed by atoms with Crippen LogP contribution in [0.25, 0.3) is 0 Å². The molecule has 0 aliphatic heterocycles. The fraction of sp³-hybridized carbons (Fsp3) is 0.900. The summed E-state index contributed by atoms with van der Waals surface area (Å²) < 4.78 is 20.5. The van der Waals surface area contributed by atoms with Crippen LogP contribution in [0.3, 0.4) is 0 Å². The minimum Gasteiger partial charge on any atom is -0.484 e. The largest absolute Gasteiger partial charge is 0.484 e. The molecule has 0 aromatic rings. The maximum Gasteiger partial charge on any atom is 0.197 e. The van der Waals surface area contributed by atoms with E-state index in [-0.39, 0.29) is 4.75 Å². The van der Waals surface area contributed by atoms with Crippen LogP contribution in [0.15, 0.2) is 4.40 Å². The number of rotatable bonds is 3. The number of hydrogen-bond acceptors (Lipinski definition) is 2. The highest BCUT2D eigenvalue weighted by atomic mass is 32.2. The van der Waals surface area contributed by atoms with Gasteiger partial charge in [0, 0.05) is 6.42 Å². The second kappa shape index (κ2) is 5.49. The second-order valence-corrected chi connectivity index (χ2v) is 6.55. The Kier molecular flexibility index (Phi) is 5.34. The molecule has 84 valence electrons. The SMILES string of the molecule is CO/C(CC(C)C)=N/[S@](=O)C(C)(C)C. The first-order chi connectivity index (χ1) is 6.27. The first-order valence-electron chi connectivity index (χ1n) is 4.81. The lowest BCUT2D eigenvalue weighted by Crippen LogP contribution is -2.21. The molecule has 0 radical (unpaired) electrons. The van der Waals surface area contributed by atoms with Crippen molar-refractivity contribution in [1.29, 1.82) is 0 Å². The van der Waals surface area contributed by atoms with Crippen LogP contribution in [-0.2, 0) is 15.7 Å². The highest BCUT2D eigenvalue weighted by molar-refractivity contribution is 7.85. The van der Waals surface area contributed by atoms with Gasteiger partial charge in [0.2, 0.25) is 0 Å². The first-order valence-corrected chi connectivity index (χ1v) is 5.91. The van der Waals surface area contributed by atoms with Crippen molar-refractivity contribution in [3.05, 3.63) is 0 Å². The molecule has 0 aliphatic carbocycles. The normalized spacial score (nSPS) is 15.8. The lowest BCUT2D eigenvalue weighted by Gasteiger charge is -2.15. The van der Waals surface area contributed by atoms with E-state index in [0.717, 1.165) is 6.42 Å². The summed E-state index contributed by atoms with van der Waals surface area (Å²) in [6.07, 6.45) is 0.734. The van der Waals surface area contributed by atoms with Crippen molar-refractivity contribution in [3.63, 3.8) is 0 Å². The van der Waals surface area contributed by atoms with Crippen molar-refractivity contribution in [3.8, 4) is 0 Å². The molecule has 0 bridgehead atoms. The van der Waals surface area contributed by atoms with Crippen LogP contribution in [0.2, 0.25) is 0 Å². The molecular weight excluding hydrogens is 198 g/mol. The van der Waals surface area contributed by atoms with E-state index in [9.17, 15) is 4.21 Å². The molecule has 0 spiro atoms. The number of nitrogens with zero attached hydrogens (tertiary/aromatic N) is 1. The molecule has 0 aliphatic rings. The summed E-state index contributed by atoms with van der Waals surface area (Å²) in [6, 6.07) is 0. The Morgan fingerprint density at radius 2 is 1.93 bits per heavy atom.